The highest BCUT2D eigenvalue weighted by molar-refractivity contribution is 4.87. The fourth-order valence-electron chi connectivity index (χ4n) is 0.776. The summed E-state index contributed by atoms with van der Waals surface area (Å²) in [5.74, 6) is 0. The first-order valence-corrected chi connectivity index (χ1v) is 4.67. The van der Waals surface area contributed by atoms with Gasteiger partial charge in [-0.2, -0.15) is 0 Å². The Labute approximate surface area is 80.8 Å². The fourth-order valence-corrected chi connectivity index (χ4v) is 0.776. The lowest BCUT2D eigenvalue weighted by Gasteiger charge is -2.16. The van der Waals surface area contributed by atoms with Crippen LogP contribution in [0, 0.1) is 0 Å². The van der Waals surface area contributed by atoms with Crippen LogP contribution in [0.2, 0.25) is 0 Å². The van der Waals surface area contributed by atoms with Crippen molar-refractivity contribution in [3.8, 4) is 0 Å². The van der Waals surface area contributed by atoms with E-state index >= 15 is 0 Å². The van der Waals surface area contributed by atoms with Crippen LogP contribution in [0.4, 0.5) is 0 Å². The maximum absolute atomic E-state index is 9.15. The molecule has 0 amide bonds. The van der Waals surface area contributed by atoms with Crippen molar-refractivity contribution in [3.05, 3.63) is 12.2 Å². The van der Waals surface area contributed by atoms with Gasteiger partial charge in [-0.15, -0.1) is 0 Å². The summed E-state index contributed by atoms with van der Waals surface area (Å²) < 4.78 is 5.28. The van der Waals surface area contributed by atoms with E-state index in [1.54, 1.807) is 6.92 Å². The molecule has 0 aliphatic heterocycles. The third kappa shape index (κ3) is 7.96. The monoisotopic (exact) mass is 187 g/mol. The Morgan fingerprint density at radius 1 is 1.54 bits per heavy atom. The molecule has 0 saturated heterocycles. The molecule has 3 nitrogen and oxygen atoms in total. The van der Waals surface area contributed by atoms with Crippen molar-refractivity contribution in [1.29, 1.82) is 0 Å². The molecule has 0 radical (unpaired) electrons. The van der Waals surface area contributed by atoms with Crippen LogP contribution < -0.4 is 5.32 Å². The van der Waals surface area contributed by atoms with Crippen molar-refractivity contribution >= 4 is 0 Å². The van der Waals surface area contributed by atoms with Gasteiger partial charge in [-0.25, -0.2) is 0 Å². The Hall–Kier alpha value is -0.380. The number of nitrogens with one attached hydrogen (secondary N) is 1. The summed E-state index contributed by atoms with van der Waals surface area (Å²) in [7, 11) is 0. The van der Waals surface area contributed by atoms with Crippen molar-refractivity contribution in [2.45, 2.75) is 32.9 Å². The minimum Gasteiger partial charge on any atom is -0.392 e. The molecule has 0 aliphatic rings. The first-order chi connectivity index (χ1) is 6.04. The Morgan fingerprint density at radius 3 is 2.62 bits per heavy atom. The summed E-state index contributed by atoms with van der Waals surface area (Å²) in [4.78, 5) is 0. The summed E-state index contributed by atoms with van der Waals surface area (Å²) in [5.41, 5.74) is 1.03. The quantitative estimate of drug-likeness (QED) is 0.460. The molecule has 0 aromatic carbocycles. The van der Waals surface area contributed by atoms with Gasteiger partial charge in [0, 0.05) is 12.6 Å². The summed E-state index contributed by atoms with van der Waals surface area (Å²) in [6.45, 7) is 11.4. The average molecular weight is 187 g/mol. The summed E-state index contributed by atoms with van der Waals surface area (Å²) in [5, 5.41) is 12.3. The molecular weight excluding hydrogens is 166 g/mol. The highest BCUT2D eigenvalue weighted by Crippen LogP contribution is 1.90. The van der Waals surface area contributed by atoms with Crippen molar-refractivity contribution in [1.82, 2.24) is 5.32 Å². The van der Waals surface area contributed by atoms with Crippen molar-refractivity contribution in [2.24, 2.45) is 0 Å². The van der Waals surface area contributed by atoms with E-state index in [1.807, 2.05) is 13.8 Å². The van der Waals surface area contributed by atoms with E-state index in [1.165, 1.54) is 0 Å². The molecule has 3 heteroatoms. The van der Waals surface area contributed by atoms with Gasteiger partial charge in [0.05, 0.1) is 19.3 Å². The molecule has 0 bridgehead atoms. The molecule has 0 aromatic rings. The molecule has 0 heterocycles. The Balaban J connectivity index is 3.21. The molecule has 0 saturated carbocycles. The van der Waals surface area contributed by atoms with Gasteiger partial charge in [-0.05, 0) is 20.8 Å². The molecule has 78 valence electrons. The van der Waals surface area contributed by atoms with E-state index in [-0.39, 0.29) is 12.1 Å². The van der Waals surface area contributed by atoms with Gasteiger partial charge in [0.2, 0.25) is 0 Å². The van der Waals surface area contributed by atoms with E-state index in [9.17, 15) is 0 Å². The van der Waals surface area contributed by atoms with E-state index in [0.717, 1.165) is 12.1 Å². The van der Waals surface area contributed by atoms with E-state index in [4.69, 9.17) is 9.84 Å². The van der Waals surface area contributed by atoms with E-state index < -0.39 is 0 Å². The summed E-state index contributed by atoms with van der Waals surface area (Å²) in [6.07, 6.45) is -0.318. The largest absolute Gasteiger partial charge is 0.392 e. The molecule has 13 heavy (non-hydrogen) atoms. The molecular formula is C10H21NO2. The SMILES string of the molecule is C=C(C)COCCNC(C)C(C)O. The van der Waals surface area contributed by atoms with Crippen LogP contribution >= 0.6 is 0 Å². The van der Waals surface area contributed by atoms with Gasteiger partial charge < -0.3 is 15.2 Å². The van der Waals surface area contributed by atoms with Crippen LogP contribution in [0.1, 0.15) is 20.8 Å². The van der Waals surface area contributed by atoms with Gasteiger partial charge in [0.15, 0.2) is 0 Å². The maximum atomic E-state index is 9.15. The van der Waals surface area contributed by atoms with Crippen LogP contribution in [0.15, 0.2) is 12.2 Å². The van der Waals surface area contributed by atoms with E-state index in [0.29, 0.717) is 13.2 Å². The summed E-state index contributed by atoms with van der Waals surface area (Å²) >= 11 is 0. The highest BCUT2D eigenvalue weighted by Gasteiger charge is 2.05. The molecule has 2 atom stereocenters. The number of aliphatic hydroxyl groups is 1. The predicted molar refractivity (Wildman–Crippen MR) is 54.8 cm³/mol. The minimum absolute atomic E-state index is 0.119. The van der Waals surface area contributed by atoms with Crippen molar-refractivity contribution in [2.75, 3.05) is 19.8 Å². The van der Waals surface area contributed by atoms with Crippen LogP contribution in [-0.4, -0.2) is 37.0 Å². The minimum atomic E-state index is -0.318. The number of rotatable bonds is 7. The lowest BCUT2D eigenvalue weighted by molar-refractivity contribution is 0.129. The molecule has 0 aliphatic carbocycles. The second kappa shape index (κ2) is 7.06. The third-order valence-corrected chi connectivity index (χ3v) is 1.78. The first kappa shape index (κ1) is 12.6. The average Bonchev–Trinajstić information content (AvgIpc) is 2.02. The number of ether oxygens (including phenoxy) is 1. The standard InChI is InChI=1S/C10H21NO2/c1-8(2)7-13-6-5-11-9(3)10(4)12/h9-12H,1,5-7H2,2-4H3. The van der Waals surface area contributed by atoms with Crippen molar-refractivity contribution in [3.63, 3.8) is 0 Å². The lowest BCUT2D eigenvalue weighted by Crippen LogP contribution is -2.37. The highest BCUT2D eigenvalue weighted by atomic mass is 16.5. The second-order valence-corrected chi connectivity index (χ2v) is 3.49. The van der Waals surface area contributed by atoms with E-state index in [2.05, 4.69) is 11.9 Å². The number of hydrogen-bond acceptors (Lipinski definition) is 3. The zero-order valence-electron chi connectivity index (χ0n) is 8.84. The Morgan fingerprint density at radius 2 is 2.15 bits per heavy atom. The zero-order chi connectivity index (χ0) is 10.3. The predicted octanol–water partition coefficient (Wildman–Crippen LogP) is 0.938. The lowest BCUT2D eigenvalue weighted by atomic mass is 10.2. The molecule has 0 rings (SSSR count). The van der Waals surface area contributed by atoms with Gasteiger partial charge in [0.25, 0.3) is 0 Å². The normalized spacial score (nSPS) is 15.4. The fraction of sp³-hybridized carbons (Fsp3) is 0.800. The molecule has 2 N–H and O–H groups in total. The smallest absolute Gasteiger partial charge is 0.0672 e. The number of hydrogen-bond donors (Lipinski definition) is 2. The van der Waals surface area contributed by atoms with Crippen molar-refractivity contribution < 1.29 is 9.84 Å². The first-order valence-electron chi connectivity index (χ1n) is 4.67. The molecule has 0 spiro atoms. The van der Waals surface area contributed by atoms with Crippen LogP contribution in [-0.2, 0) is 4.74 Å². The van der Waals surface area contributed by atoms with Gasteiger partial charge in [-0.3, -0.25) is 0 Å². The zero-order valence-corrected chi connectivity index (χ0v) is 8.84. The van der Waals surface area contributed by atoms with Crippen LogP contribution in [0.3, 0.4) is 0 Å². The summed E-state index contributed by atoms with van der Waals surface area (Å²) in [6, 6.07) is 0.119. The topological polar surface area (TPSA) is 41.5 Å². The Kier molecular flexibility index (Phi) is 6.86. The van der Waals surface area contributed by atoms with Gasteiger partial charge >= 0.3 is 0 Å². The molecule has 0 fully saturated rings. The van der Waals surface area contributed by atoms with Crippen LogP contribution in [0.5, 0.6) is 0 Å². The second-order valence-electron chi connectivity index (χ2n) is 3.49. The van der Waals surface area contributed by atoms with Crippen LogP contribution in [0.25, 0.3) is 0 Å². The van der Waals surface area contributed by atoms with Gasteiger partial charge in [0.1, 0.15) is 0 Å². The number of aliphatic hydroxyl groups excluding tert-OH is 1. The maximum Gasteiger partial charge on any atom is 0.0672 e. The molecule has 0 aromatic heterocycles. The molecule has 2 unspecified atom stereocenters. The Bertz CT molecular complexity index is 146. The van der Waals surface area contributed by atoms with Gasteiger partial charge in [-0.1, -0.05) is 12.2 Å². The third-order valence-electron chi connectivity index (χ3n) is 1.78.